The molecule has 2 rings (SSSR count). The summed E-state index contributed by atoms with van der Waals surface area (Å²) in [5.74, 6) is 0. The third-order valence-corrected chi connectivity index (χ3v) is 4.08. The first-order valence-electron chi connectivity index (χ1n) is 5.92. The minimum atomic E-state index is -0.460. The zero-order valence-electron chi connectivity index (χ0n) is 10.9. The molecule has 7 heteroatoms. The summed E-state index contributed by atoms with van der Waals surface area (Å²) in [5.41, 5.74) is 6.78. The molecule has 2 aromatic rings. The molecule has 106 valence electrons. The van der Waals surface area contributed by atoms with Crippen LogP contribution in [0.5, 0.6) is 0 Å². The molecule has 0 aliphatic rings. The normalized spacial score (nSPS) is 10.9. The van der Waals surface area contributed by atoms with Crippen molar-refractivity contribution >= 4 is 34.3 Å². The van der Waals surface area contributed by atoms with Crippen LogP contribution in [0.1, 0.15) is 10.4 Å². The lowest BCUT2D eigenvalue weighted by Gasteiger charge is -2.16. The third kappa shape index (κ3) is 3.47. The van der Waals surface area contributed by atoms with Gasteiger partial charge in [0.15, 0.2) is 0 Å². The van der Waals surface area contributed by atoms with Crippen molar-refractivity contribution in [1.82, 2.24) is 4.90 Å². The Bertz CT molecular complexity index is 630. The first kappa shape index (κ1) is 14.8. The topological polar surface area (TPSA) is 72.4 Å². The van der Waals surface area contributed by atoms with Gasteiger partial charge in [-0.15, -0.1) is 11.3 Å². The molecule has 0 saturated heterocycles. The lowest BCUT2D eigenvalue weighted by atomic mass is 10.1. The lowest BCUT2D eigenvalue weighted by Crippen LogP contribution is -2.17. The number of nitrogens with two attached hydrogens (primary N) is 1. The van der Waals surface area contributed by atoms with Crippen molar-refractivity contribution in [3.8, 4) is 0 Å². The van der Waals surface area contributed by atoms with E-state index in [1.807, 2.05) is 24.1 Å². The molecule has 1 aromatic carbocycles. The standard InChI is InChI=1S/C13H14ClN3O2S/c1-16(8-10-5-6-12(14)20-10)7-9-3-2-4-11(13(9)15)17(18)19/h2-6H,7-8,15H2,1H3. The first-order valence-corrected chi connectivity index (χ1v) is 7.11. The van der Waals surface area contributed by atoms with E-state index in [1.165, 1.54) is 17.4 Å². The highest BCUT2D eigenvalue weighted by molar-refractivity contribution is 7.16. The van der Waals surface area contributed by atoms with Crippen LogP contribution in [-0.4, -0.2) is 16.9 Å². The molecule has 0 amide bonds. The second-order valence-corrected chi connectivity index (χ2v) is 6.28. The summed E-state index contributed by atoms with van der Waals surface area (Å²) < 4.78 is 0.753. The second kappa shape index (κ2) is 6.21. The summed E-state index contributed by atoms with van der Waals surface area (Å²) >= 11 is 7.41. The van der Waals surface area contributed by atoms with Crippen LogP contribution >= 0.6 is 22.9 Å². The molecule has 0 saturated carbocycles. The number of nitro groups is 1. The van der Waals surface area contributed by atoms with Crippen LogP contribution in [-0.2, 0) is 13.1 Å². The third-order valence-electron chi connectivity index (χ3n) is 2.86. The Morgan fingerprint density at radius 1 is 1.35 bits per heavy atom. The summed E-state index contributed by atoms with van der Waals surface area (Å²) in [7, 11) is 1.94. The Morgan fingerprint density at radius 3 is 2.70 bits per heavy atom. The zero-order valence-corrected chi connectivity index (χ0v) is 12.4. The fourth-order valence-electron chi connectivity index (χ4n) is 1.95. The van der Waals surface area contributed by atoms with Gasteiger partial charge in [0.05, 0.1) is 9.26 Å². The number of hydrogen-bond acceptors (Lipinski definition) is 5. The van der Waals surface area contributed by atoms with E-state index < -0.39 is 4.92 Å². The molecule has 0 bridgehead atoms. The van der Waals surface area contributed by atoms with Gasteiger partial charge in [-0.3, -0.25) is 15.0 Å². The van der Waals surface area contributed by atoms with E-state index in [0.717, 1.165) is 21.3 Å². The number of rotatable bonds is 5. The van der Waals surface area contributed by atoms with Crippen LogP contribution in [0.2, 0.25) is 4.34 Å². The summed E-state index contributed by atoms with van der Waals surface area (Å²) in [6.07, 6.45) is 0. The van der Waals surface area contributed by atoms with Gasteiger partial charge in [-0.05, 0) is 24.7 Å². The van der Waals surface area contributed by atoms with Crippen LogP contribution in [0.4, 0.5) is 11.4 Å². The zero-order chi connectivity index (χ0) is 14.7. The highest BCUT2D eigenvalue weighted by atomic mass is 35.5. The molecule has 0 fully saturated rings. The maximum Gasteiger partial charge on any atom is 0.292 e. The highest BCUT2D eigenvalue weighted by Crippen LogP contribution is 2.27. The summed E-state index contributed by atoms with van der Waals surface area (Å²) in [4.78, 5) is 13.6. The van der Waals surface area contributed by atoms with Crippen LogP contribution in [0, 0.1) is 10.1 Å². The van der Waals surface area contributed by atoms with Gasteiger partial charge in [0.2, 0.25) is 0 Å². The molecule has 0 unspecified atom stereocenters. The molecule has 1 heterocycles. The molecule has 0 aliphatic heterocycles. The highest BCUT2D eigenvalue weighted by Gasteiger charge is 2.15. The van der Waals surface area contributed by atoms with E-state index in [1.54, 1.807) is 12.1 Å². The molecule has 0 radical (unpaired) electrons. The van der Waals surface area contributed by atoms with E-state index in [0.29, 0.717) is 6.54 Å². The van der Waals surface area contributed by atoms with Crippen molar-refractivity contribution < 1.29 is 4.92 Å². The van der Waals surface area contributed by atoms with Gasteiger partial charge in [-0.2, -0.15) is 0 Å². The van der Waals surface area contributed by atoms with Crippen molar-refractivity contribution in [3.05, 3.63) is 55.2 Å². The van der Waals surface area contributed by atoms with Crippen molar-refractivity contribution in [3.63, 3.8) is 0 Å². The number of nitrogen functional groups attached to an aromatic ring is 1. The summed E-state index contributed by atoms with van der Waals surface area (Å²) in [5, 5.41) is 10.9. The molecular weight excluding hydrogens is 298 g/mol. The maximum atomic E-state index is 10.9. The predicted molar refractivity (Wildman–Crippen MR) is 82.0 cm³/mol. The van der Waals surface area contributed by atoms with Crippen LogP contribution in [0.25, 0.3) is 0 Å². The molecule has 2 N–H and O–H groups in total. The average Bonchev–Trinajstić information content (AvgIpc) is 2.77. The monoisotopic (exact) mass is 311 g/mol. The van der Waals surface area contributed by atoms with Gasteiger partial charge in [-0.1, -0.05) is 23.7 Å². The minimum Gasteiger partial charge on any atom is -0.393 e. The maximum absolute atomic E-state index is 10.9. The molecular formula is C13H14ClN3O2S. The number of hydrogen-bond donors (Lipinski definition) is 1. The smallest absolute Gasteiger partial charge is 0.292 e. The number of nitro benzene ring substituents is 1. The van der Waals surface area contributed by atoms with Crippen molar-refractivity contribution in [2.24, 2.45) is 0 Å². The van der Waals surface area contributed by atoms with Gasteiger partial charge in [0, 0.05) is 24.0 Å². The fraction of sp³-hybridized carbons (Fsp3) is 0.231. The Balaban J connectivity index is 2.09. The number of thiophene rings is 1. The van der Waals surface area contributed by atoms with Gasteiger partial charge in [0.1, 0.15) is 5.69 Å². The van der Waals surface area contributed by atoms with Gasteiger partial charge >= 0.3 is 0 Å². The van der Waals surface area contributed by atoms with Gasteiger partial charge < -0.3 is 5.73 Å². The number of nitrogens with zero attached hydrogens (tertiary/aromatic N) is 2. The lowest BCUT2D eigenvalue weighted by molar-refractivity contribution is -0.384. The van der Waals surface area contributed by atoms with Crippen LogP contribution in [0.15, 0.2) is 30.3 Å². The van der Waals surface area contributed by atoms with Crippen LogP contribution < -0.4 is 5.73 Å². The first-order chi connectivity index (χ1) is 9.47. The minimum absolute atomic E-state index is 0.0462. The Hall–Kier alpha value is -1.63. The number of anilines is 1. The van der Waals surface area contributed by atoms with E-state index >= 15 is 0 Å². The largest absolute Gasteiger partial charge is 0.393 e. The van der Waals surface area contributed by atoms with Gasteiger partial charge in [-0.25, -0.2) is 0 Å². The Morgan fingerprint density at radius 2 is 2.10 bits per heavy atom. The van der Waals surface area contributed by atoms with E-state index in [9.17, 15) is 10.1 Å². The summed E-state index contributed by atoms with van der Waals surface area (Å²) in [6, 6.07) is 8.70. The SMILES string of the molecule is CN(Cc1ccc(Cl)s1)Cc1cccc([N+](=O)[O-])c1N. The predicted octanol–water partition coefficient (Wildman–Crippen LogP) is 3.52. The molecule has 20 heavy (non-hydrogen) atoms. The quantitative estimate of drug-likeness (QED) is 0.521. The van der Waals surface area contributed by atoms with Crippen molar-refractivity contribution in [2.45, 2.75) is 13.1 Å². The molecule has 5 nitrogen and oxygen atoms in total. The van der Waals surface area contributed by atoms with Crippen molar-refractivity contribution in [1.29, 1.82) is 0 Å². The molecule has 0 spiro atoms. The molecule has 1 aromatic heterocycles. The van der Waals surface area contributed by atoms with Gasteiger partial charge in [0.25, 0.3) is 5.69 Å². The van der Waals surface area contributed by atoms with E-state index in [-0.39, 0.29) is 11.4 Å². The molecule has 0 atom stereocenters. The van der Waals surface area contributed by atoms with Crippen molar-refractivity contribution in [2.75, 3.05) is 12.8 Å². The molecule has 0 aliphatic carbocycles. The number of para-hydroxylation sites is 1. The van der Waals surface area contributed by atoms with E-state index in [2.05, 4.69) is 0 Å². The summed E-state index contributed by atoms with van der Waals surface area (Å²) in [6.45, 7) is 1.27. The number of benzene rings is 1. The Kier molecular flexibility index (Phi) is 4.59. The number of halogens is 1. The Labute approximate surface area is 125 Å². The fourth-order valence-corrected chi connectivity index (χ4v) is 3.11. The second-order valence-electron chi connectivity index (χ2n) is 4.49. The van der Waals surface area contributed by atoms with Crippen LogP contribution in [0.3, 0.4) is 0 Å². The average molecular weight is 312 g/mol. The van der Waals surface area contributed by atoms with E-state index in [4.69, 9.17) is 17.3 Å².